The van der Waals surface area contributed by atoms with E-state index in [-0.39, 0.29) is 24.8 Å². The number of hydrogen-bond donors (Lipinski definition) is 2. The zero-order valence-electron chi connectivity index (χ0n) is 13.4. The molecule has 2 N–H and O–H groups in total. The second-order valence-electron chi connectivity index (χ2n) is 5.54. The van der Waals surface area contributed by atoms with Crippen molar-refractivity contribution in [2.75, 3.05) is 32.8 Å². The van der Waals surface area contributed by atoms with Crippen LogP contribution in [0.3, 0.4) is 0 Å². The van der Waals surface area contributed by atoms with Gasteiger partial charge in [-0.15, -0.1) is 0 Å². The normalized spacial score (nSPS) is 18.5. The average molecular weight is 320 g/mol. The maximum Gasteiger partial charge on any atom is 0.237 e. The third-order valence-electron chi connectivity index (χ3n) is 4.02. The van der Waals surface area contributed by atoms with Crippen molar-refractivity contribution in [1.29, 1.82) is 0 Å². The molecule has 126 valence electrons. The van der Waals surface area contributed by atoms with Gasteiger partial charge in [-0.05, 0) is 18.6 Å². The van der Waals surface area contributed by atoms with E-state index in [1.54, 1.807) is 17.3 Å². The van der Waals surface area contributed by atoms with Gasteiger partial charge in [-0.2, -0.15) is 0 Å². The predicted molar refractivity (Wildman–Crippen MR) is 85.4 cm³/mol. The SMILES string of the molecule is CCN(CCO)C(=O)C[C@H]1C(=O)NCCN1Cc1cccnc1. The largest absolute Gasteiger partial charge is 0.395 e. The second kappa shape index (κ2) is 8.59. The van der Waals surface area contributed by atoms with E-state index in [1.807, 2.05) is 24.0 Å². The maximum atomic E-state index is 12.4. The fourth-order valence-corrected chi connectivity index (χ4v) is 2.77. The Labute approximate surface area is 136 Å². The van der Waals surface area contributed by atoms with Crippen LogP contribution in [-0.4, -0.2) is 70.5 Å². The molecule has 2 heterocycles. The quantitative estimate of drug-likeness (QED) is 0.715. The summed E-state index contributed by atoms with van der Waals surface area (Å²) in [5, 5.41) is 11.9. The third-order valence-corrected chi connectivity index (χ3v) is 4.02. The first-order valence-corrected chi connectivity index (χ1v) is 7.95. The van der Waals surface area contributed by atoms with Crippen molar-refractivity contribution in [1.82, 2.24) is 20.1 Å². The van der Waals surface area contributed by atoms with E-state index in [2.05, 4.69) is 10.3 Å². The van der Waals surface area contributed by atoms with Crippen LogP contribution in [0.15, 0.2) is 24.5 Å². The Morgan fingerprint density at radius 2 is 2.39 bits per heavy atom. The molecule has 0 aromatic carbocycles. The molecular weight excluding hydrogens is 296 g/mol. The zero-order valence-corrected chi connectivity index (χ0v) is 13.4. The molecular formula is C16H24N4O3. The molecule has 1 atom stereocenters. The lowest BCUT2D eigenvalue weighted by Crippen LogP contribution is -2.56. The molecule has 23 heavy (non-hydrogen) atoms. The number of piperazine rings is 1. The number of carbonyl (C=O) groups excluding carboxylic acids is 2. The van der Waals surface area contributed by atoms with E-state index >= 15 is 0 Å². The van der Waals surface area contributed by atoms with Crippen LogP contribution in [0.4, 0.5) is 0 Å². The number of nitrogens with one attached hydrogen (secondary N) is 1. The Morgan fingerprint density at radius 1 is 1.57 bits per heavy atom. The first-order valence-electron chi connectivity index (χ1n) is 7.95. The Morgan fingerprint density at radius 3 is 3.04 bits per heavy atom. The summed E-state index contributed by atoms with van der Waals surface area (Å²) in [7, 11) is 0. The third kappa shape index (κ3) is 4.74. The van der Waals surface area contributed by atoms with Crippen molar-refractivity contribution >= 4 is 11.8 Å². The highest BCUT2D eigenvalue weighted by atomic mass is 16.3. The molecule has 0 bridgehead atoms. The van der Waals surface area contributed by atoms with Crippen LogP contribution in [0, 0.1) is 0 Å². The van der Waals surface area contributed by atoms with Crippen LogP contribution in [0.25, 0.3) is 0 Å². The first-order chi connectivity index (χ1) is 11.2. The molecule has 0 saturated carbocycles. The van der Waals surface area contributed by atoms with Crippen LogP contribution in [-0.2, 0) is 16.1 Å². The van der Waals surface area contributed by atoms with E-state index in [0.717, 1.165) is 5.56 Å². The van der Waals surface area contributed by atoms with Gasteiger partial charge in [0.05, 0.1) is 19.1 Å². The predicted octanol–water partition coefficient (Wildman–Crippen LogP) is -0.387. The average Bonchev–Trinajstić information content (AvgIpc) is 2.56. The minimum atomic E-state index is -0.482. The molecule has 2 amide bonds. The molecule has 1 aromatic rings. The Hall–Kier alpha value is -1.99. The number of likely N-dealkylation sites (N-methyl/N-ethyl adjacent to an activating group) is 1. The number of aromatic nitrogens is 1. The molecule has 2 rings (SSSR count). The summed E-state index contributed by atoms with van der Waals surface area (Å²) in [6.07, 6.45) is 3.61. The van der Waals surface area contributed by atoms with E-state index in [0.29, 0.717) is 32.7 Å². The first kappa shape index (κ1) is 17.4. The maximum absolute atomic E-state index is 12.4. The van der Waals surface area contributed by atoms with Crippen LogP contribution in [0.5, 0.6) is 0 Å². The van der Waals surface area contributed by atoms with Crippen molar-refractivity contribution in [3.8, 4) is 0 Å². The highest BCUT2D eigenvalue weighted by molar-refractivity contribution is 5.88. The summed E-state index contributed by atoms with van der Waals surface area (Å²) in [6, 6.07) is 3.34. The fraction of sp³-hybridized carbons (Fsp3) is 0.562. The van der Waals surface area contributed by atoms with Crippen LogP contribution in [0.1, 0.15) is 18.9 Å². The van der Waals surface area contributed by atoms with E-state index in [1.165, 1.54) is 0 Å². The summed E-state index contributed by atoms with van der Waals surface area (Å²) in [5.74, 6) is -0.228. The van der Waals surface area contributed by atoms with Gasteiger partial charge >= 0.3 is 0 Å². The summed E-state index contributed by atoms with van der Waals surface area (Å²) < 4.78 is 0. The lowest BCUT2D eigenvalue weighted by molar-refractivity contribution is -0.139. The number of amides is 2. The standard InChI is InChI=1S/C16H24N4O3/c1-2-19(8-9-21)15(22)10-14-16(23)18-6-7-20(14)12-13-4-3-5-17-11-13/h3-5,11,14,21H,2,6-10,12H2,1H3,(H,18,23)/t14-/m0/s1. The lowest BCUT2D eigenvalue weighted by Gasteiger charge is -2.35. The van der Waals surface area contributed by atoms with Gasteiger partial charge in [-0.25, -0.2) is 0 Å². The summed E-state index contributed by atoms with van der Waals surface area (Å²) >= 11 is 0. The molecule has 1 fully saturated rings. The Balaban J connectivity index is 2.05. The van der Waals surface area contributed by atoms with Crippen molar-refractivity contribution in [3.63, 3.8) is 0 Å². The van der Waals surface area contributed by atoms with Crippen molar-refractivity contribution < 1.29 is 14.7 Å². The van der Waals surface area contributed by atoms with Crippen LogP contribution >= 0.6 is 0 Å². The number of hydrogen-bond acceptors (Lipinski definition) is 5. The van der Waals surface area contributed by atoms with E-state index < -0.39 is 6.04 Å². The van der Waals surface area contributed by atoms with Gasteiger partial charge in [-0.3, -0.25) is 19.5 Å². The number of pyridine rings is 1. The molecule has 7 nitrogen and oxygen atoms in total. The highest BCUT2D eigenvalue weighted by Crippen LogP contribution is 2.14. The molecule has 0 unspecified atom stereocenters. The zero-order chi connectivity index (χ0) is 16.7. The smallest absolute Gasteiger partial charge is 0.237 e. The van der Waals surface area contributed by atoms with Crippen molar-refractivity contribution in [3.05, 3.63) is 30.1 Å². The minimum absolute atomic E-state index is 0.0736. The number of rotatable bonds is 7. The Bertz CT molecular complexity index is 523. The lowest BCUT2D eigenvalue weighted by atomic mass is 10.1. The fourth-order valence-electron chi connectivity index (χ4n) is 2.77. The molecule has 1 aliphatic heterocycles. The van der Waals surface area contributed by atoms with E-state index in [4.69, 9.17) is 5.11 Å². The molecule has 0 spiro atoms. The number of aliphatic hydroxyl groups excluding tert-OH is 1. The second-order valence-corrected chi connectivity index (χ2v) is 5.54. The molecule has 7 heteroatoms. The molecule has 0 radical (unpaired) electrons. The van der Waals surface area contributed by atoms with Crippen molar-refractivity contribution in [2.24, 2.45) is 0 Å². The summed E-state index contributed by atoms with van der Waals surface area (Å²) in [5.41, 5.74) is 1.02. The molecule has 1 aromatic heterocycles. The molecule has 1 saturated heterocycles. The monoisotopic (exact) mass is 320 g/mol. The van der Waals surface area contributed by atoms with E-state index in [9.17, 15) is 9.59 Å². The van der Waals surface area contributed by atoms with Gasteiger partial charge in [0, 0.05) is 45.1 Å². The Kier molecular flexibility index (Phi) is 6.49. The highest BCUT2D eigenvalue weighted by Gasteiger charge is 2.32. The molecule has 0 aliphatic carbocycles. The topological polar surface area (TPSA) is 85.8 Å². The number of aliphatic hydroxyl groups is 1. The van der Waals surface area contributed by atoms with Gasteiger partial charge in [0.1, 0.15) is 0 Å². The summed E-state index contributed by atoms with van der Waals surface area (Å²) in [6.45, 7) is 4.48. The van der Waals surface area contributed by atoms with Gasteiger partial charge in [-0.1, -0.05) is 6.07 Å². The van der Waals surface area contributed by atoms with Gasteiger partial charge in [0.2, 0.25) is 11.8 Å². The molecule has 1 aliphatic rings. The number of carbonyl (C=O) groups is 2. The number of nitrogens with zero attached hydrogens (tertiary/aromatic N) is 3. The minimum Gasteiger partial charge on any atom is -0.395 e. The van der Waals surface area contributed by atoms with Gasteiger partial charge in [0.15, 0.2) is 0 Å². The van der Waals surface area contributed by atoms with Crippen molar-refractivity contribution in [2.45, 2.75) is 25.9 Å². The van der Waals surface area contributed by atoms with Crippen LogP contribution in [0.2, 0.25) is 0 Å². The van der Waals surface area contributed by atoms with Gasteiger partial charge in [0.25, 0.3) is 0 Å². The summed E-state index contributed by atoms with van der Waals surface area (Å²) in [4.78, 5) is 32.3. The van der Waals surface area contributed by atoms with Crippen LogP contribution < -0.4 is 5.32 Å². The van der Waals surface area contributed by atoms with Gasteiger partial charge < -0.3 is 15.3 Å².